The fraction of sp³-hybridized carbons (Fsp3) is 0.800. The maximum absolute atomic E-state index is 5.82. The van der Waals surface area contributed by atoms with Gasteiger partial charge < -0.3 is 10.2 Å². The Hall–Kier alpha value is 0.240. The molecular weight excluding hydrogens is 219 g/mol. The second-order valence-electron chi connectivity index (χ2n) is 4.07. The Kier molecular flexibility index (Phi) is 5.24. The van der Waals surface area contributed by atoms with E-state index in [0.717, 1.165) is 13.1 Å². The van der Waals surface area contributed by atoms with E-state index in [-0.39, 0.29) is 0 Å². The Morgan fingerprint density at radius 2 is 2.36 bits per heavy atom. The second-order valence-corrected chi connectivity index (χ2v) is 4.78. The lowest BCUT2D eigenvalue weighted by Gasteiger charge is -2.35. The zero-order chi connectivity index (χ0) is 10.6. The summed E-state index contributed by atoms with van der Waals surface area (Å²) in [6.45, 7) is 5.26. The first-order valence-electron chi connectivity index (χ1n) is 5.00. The maximum Gasteiger partial charge on any atom is 0.0432 e. The summed E-state index contributed by atoms with van der Waals surface area (Å²) in [5.74, 6) is 0.675. The fourth-order valence-corrected chi connectivity index (χ4v) is 2.08. The number of piperidine rings is 1. The highest BCUT2D eigenvalue weighted by Crippen LogP contribution is 2.15. The molecular formula is C10H18Cl2N2. The molecule has 1 rings (SSSR count). The van der Waals surface area contributed by atoms with E-state index in [1.807, 2.05) is 0 Å². The molecule has 1 N–H and O–H groups in total. The molecule has 4 heteroatoms. The van der Waals surface area contributed by atoms with E-state index in [4.69, 9.17) is 23.2 Å². The standard InChI is InChI=1S/C10H18Cl2N2/c1-8-7-14(2)4-3-10(8)13-6-9(12)5-11/h5,8,10,13H,3-4,6-7H2,1-2H3/b9-5-. The van der Waals surface area contributed by atoms with Crippen molar-refractivity contribution in [2.24, 2.45) is 5.92 Å². The summed E-state index contributed by atoms with van der Waals surface area (Å²) in [7, 11) is 2.17. The van der Waals surface area contributed by atoms with E-state index < -0.39 is 0 Å². The predicted octanol–water partition coefficient (Wildman–Crippen LogP) is 2.24. The Morgan fingerprint density at radius 1 is 1.64 bits per heavy atom. The molecule has 2 nitrogen and oxygen atoms in total. The minimum Gasteiger partial charge on any atom is -0.309 e. The van der Waals surface area contributed by atoms with Crippen LogP contribution in [0.3, 0.4) is 0 Å². The largest absolute Gasteiger partial charge is 0.309 e. The van der Waals surface area contributed by atoms with Gasteiger partial charge in [-0.15, -0.1) is 0 Å². The smallest absolute Gasteiger partial charge is 0.0432 e. The number of rotatable bonds is 3. The van der Waals surface area contributed by atoms with Gasteiger partial charge in [-0.3, -0.25) is 0 Å². The van der Waals surface area contributed by atoms with Crippen LogP contribution in [0.2, 0.25) is 0 Å². The van der Waals surface area contributed by atoms with E-state index in [1.165, 1.54) is 12.0 Å². The zero-order valence-corrected chi connectivity index (χ0v) is 10.3. The molecule has 1 aliphatic rings. The van der Waals surface area contributed by atoms with Crippen molar-refractivity contribution in [1.29, 1.82) is 0 Å². The third-order valence-electron chi connectivity index (χ3n) is 2.76. The van der Waals surface area contributed by atoms with Crippen LogP contribution < -0.4 is 5.32 Å². The normalized spacial score (nSPS) is 30.7. The van der Waals surface area contributed by atoms with Crippen LogP contribution in [0.5, 0.6) is 0 Å². The molecule has 2 atom stereocenters. The molecule has 0 spiro atoms. The number of halogens is 2. The highest BCUT2D eigenvalue weighted by molar-refractivity contribution is 6.36. The topological polar surface area (TPSA) is 15.3 Å². The number of nitrogens with zero attached hydrogens (tertiary/aromatic N) is 1. The highest BCUT2D eigenvalue weighted by atomic mass is 35.5. The fourth-order valence-electron chi connectivity index (χ4n) is 1.92. The van der Waals surface area contributed by atoms with Crippen molar-refractivity contribution < 1.29 is 0 Å². The SMILES string of the molecule is CC1CN(C)CCC1NC/C(Cl)=C/Cl. The molecule has 0 aliphatic carbocycles. The lowest BCUT2D eigenvalue weighted by atomic mass is 9.94. The summed E-state index contributed by atoms with van der Waals surface area (Å²) in [5, 5.41) is 4.11. The number of hydrogen-bond acceptors (Lipinski definition) is 2. The van der Waals surface area contributed by atoms with Crippen LogP contribution in [-0.4, -0.2) is 37.6 Å². The summed E-state index contributed by atoms with van der Waals surface area (Å²) < 4.78 is 0. The number of likely N-dealkylation sites (tertiary alicyclic amines) is 1. The van der Waals surface area contributed by atoms with E-state index in [0.29, 0.717) is 23.5 Å². The van der Waals surface area contributed by atoms with E-state index in [9.17, 15) is 0 Å². The van der Waals surface area contributed by atoms with Gasteiger partial charge in [0.1, 0.15) is 0 Å². The van der Waals surface area contributed by atoms with Crippen molar-refractivity contribution in [2.75, 3.05) is 26.7 Å². The molecule has 0 bridgehead atoms. The van der Waals surface area contributed by atoms with Gasteiger partial charge >= 0.3 is 0 Å². The van der Waals surface area contributed by atoms with Crippen LogP contribution in [0.1, 0.15) is 13.3 Å². The average molecular weight is 237 g/mol. The Balaban J connectivity index is 2.31. The van der Waals surface area contributed by atoms with E-state index in [1.54, 1.807) is 0 Å². The molecule has 0 radical (unpaired) electrons. The van der Waals surface area contributed by atoms with Crippen LogP contribution in [0, 0.1) is 5.92 Å². The van der Waals surface area contributed by atoms with Gasteiger partial charge in [-0.2, -0.15) is 0 Å². The molecule has 1 aliphatic heterocycles. The molecule has 1 fully saturated rings. The lowest BCUT2D eigenvalue weighted by Crippen LogP contribution is -2.47. The summed E-state index contributed by atoms with van der Waals surface area (Å²) in [6, 6.07) is 0.566. The molecule has 0 amide bonds. The summed E-state index contributed by atoms with van der Waals surface area (Å²) in [6.07, 6.45) is 1.18. The molecule has 14 heavy (non-hydrogen) atoms. The minimum absolute atomic E-state index is 0.566. The first kappa shape index (κ1) is 12.3. The summed E-state index contributed by atoms with van der Waals surface area (Å²) in [5.41, 5.74) is 1.42. The van der Waals surface area contributed by atoms with Gasteiger partial charge in [-0.1, -0.05) is 30.1 Å². The van der Waals surface area contributed by atoms with Gasteiger partial charge in [0.25, 0.3) is 0 Å². The van der Waals surface area contributed by atoms with Crippen LogP contribution in [0.4, 0.5) is 0 Å². The zero-order valence-electron chi connectivity index (χ0n) is 8.76. The first-order chi connectivity index (χ1) is 6.63. The molecule has 82 valence electrons. The van der Waals surface area contributed by atoms with Gasteiger partial charge in [0, 0.05) is 29.7 Å². The van der Waals surface area contributed by atoms with Crippen LogP contribution in [-0.2, 0) is 0 Å². The van der Waals surface area contributed by atoms with Gasteiger partial charge in [0.15, 0.2) is 0 Å². The molecule has 0 aromatic heterocycles. The van der Waals surface area contributed by atoms with Gasteiger partial charge in [-0.05, 0) is 25.9 Å². The van der Waals surface area contributed by atoms with Gasteiger partial charge in [-0.25, -0.2) is 0 Å². The van der Waals surface area contributed by atoms with Crippen molar-refractivity contribution in [3.63, 3.8) is 0 Å². The Morgan fingerprint density at radius 3 is 2.93 bits per heavy atom. The van der Waals surface area contributed by atoms with Crippen molar-refractivity contribution in [3.05, 3.63) is 10.6 Å². The number of hydrogen-bond donors (Lipinski definition) is 1. The van der Waals surface area contributed by atoms with E-state index >= 15 is 0 Å². The molecule has 0 aromatic carbocycles. The minimum atomic E-state index is 0.566. The van der Waals surface area contributed by atoms with Crippen LogP contribution in [0.25, 0.3) is 0 Å². The monoisotopic (exact) mass is 236 g/mol. The Labute approximate surface area is 96.2 Å². The van der Waals surface area contributed by atoms with Gasteiger partial charge in [0.2, 0.25) is 0 Å². The first-order valence-corrected chi connectivity index (χ1v) is 5.81. The molecule has 0 aromatic rings. The van der Waals surface area contributed by atoms with Crippen molar-refractivity contribution >= 4 is 23.2 Å². The lowest BCUT2D eigenvalue weighted by molar-refractivity contribution is 0.178. The quantitative estimate of drug-likeness (QED) is 0.809. The van der Waals surface area contributed by atoms with Crippen molar-refractivity contribution in [1.82, 2.24) is 10.2 Å². The van der Waals surface area contributed by atoms with Crippen LogP contribution in [0.15, 0.2) is 10.6 Å². The second kappa shape index (κ2) is 5.96. The highest BCUT2D eigenvalue weighted by Gasteiger charge is 2.23. The molecule has 0 saturated carbocycles. The van der Waals surface area contributed by atoms with E-state index in [2.05, 4.69) is 24.2 Å². The van der Waals surface area contributed by atoms with Crippen molar-refractivity contribution in [2.45, 2.75) is 19.4 Å². The van der Waals surface area contributed by atoms with Gasteiger partial charge in [0.05, 0.1) is 0 Å². The molecule has 2 unspecified atom stereocenters. The molecule has 1 saturated heterocycles. The third-order valence-corrected chi connectivity index (χ3v) is 3.38. The maximum atomic E-state index is 5.82. The number of nitrogens with one attached hydrogen (secondary N) is 1. The summed E-state index contributed by atoms with van der Waals surface area (Å²) >= 11 is 11.3. The van der Waals surface area contributed by atoms with Crippen LogP contribution >= 0.6 is 23.2 Å². The third kappa shape index (κ3) is 3.77. The summed E-state index contributed by atoms with van der Waals surface area (Å²) in [4.78, 5) is 2.36. The predicted molar refractivity (Wildman–Crippen MR) is 62.9 cm³/mol. The molecule has 1 heterocycles. The average Bonchev–Trinajstić information content (AvgIpc) is 2.16. The Bertz CT molecular complexity index is 206. The van der Waals surface area contributed by atoms with Crippen molar-refractivity contribution in [3.8, 4) is 0 Å².